The molecular weight excluding hydrogens is 370 g/mol. The van der Waals surface area contributed by atoms with Crippen molar-refractivity contribution in [2.75, 3.05) is 0 Å². The quantitative estimate of drug-likeness (QED) is 0.673. The second-order valence-corrected chi connectivity index (χ2v) is 6.63. The molecule has 2 heterocycles. The highest BCUT2D eigenvalue weighted by atomic mass is 79.9. The number of nitrogens with zero attached hydrogens (tertiary/aromatic N) is 7. The van der Waals surface area contributed by atoms with E-state index in [0.29, 0.717) is 23.9 Å². The van der Waals surface area contributed by atoms with Crippen molar-refractivity contribution in [3.05, 3.63) is 46.2 Å². The second-order valence-electron chi connectivity index (χ2n) is 5.88. The normalized spacial score (nSPS) is 11.0. The highest BCUT2D eigenvalue weighted by molar-refractivity contribution is 9.10. The van der Waals surface area contributed by atoms with Gasteiger partial charge in [-0.25, -0.2) is 0 Å². The Balaban J connectivity index is 1.78. The predicted molar refractivity (Wildman–Crippen MR) is 91.8 cm³/mol. The van der Waals surface area contributed by atoms with Crippen molar-refractivity contribution in [3.63, 3.8) is 0 Å². The Kier molecular flexibility index (Phi) is 4.71. The largest absolute Gasteiger partial charge is 0.257 e. The summed E-state index contributed by atoms with van der Waals surface area (Å²) in [4.78, 5) is 1.53. The van der Waals surface area contributed by atoms with E-state index in [1.807, 2.05) is 16.8 Å². The summed E-state index contributed by atoms with van der Waals surface area (Å²) in [6.45, 7) is 5.59. The van der Waals surface area contributed by atoms with E-state index in [2.05, 4.69) is 56.4 Å². The van der Waals surface area contributed by atoms with Crippen LogP contribution in [0.15, 0.2) is 35.1 Å². The lowest BCUT2D eigenvalue weighted by atomic mass is 10.1. The fourth-order valence-corrected chi connectivity index (χ4v) is 2.78. The van der Waals surface area contributed by atoms with Crippen molar-refractivity contribution < 1.29 is 0 Å². The maximum Gasteiger partial charge on any atom is 0.209 e. The Morgan fingerprint density at radius 3 is 2.67 bits per heavy atom. The van der Waals surface area contributed by atoms with Gasteiger partial charge in [-0.3, -0.25) is 4.68 Å². The van der Waals surface area contributed by atoms with Gasteiger partial charge in [0.05, 0.1) is 29.9 Å². The first kappa shape index (κ1) is 16.3. The van der Waals surface area contributed by atoms with E-state index < -0.39 is 0 Å². The van der Waals surface area contributed by atoms with Crippen LogP contribution in [0.4, 0.5) is 0 Å². The Morgan fingerprint density at radius 2 is 2.00 bits per heavy atom. The molecule has 0 unspecified atom stereocenters. The minimum atomic E-state index is 0.495. The monoisotopic (exact) mass is 385 g/mol. The number of hydrogen-bond acceptors (Lipinski definition) is 5. The van der Waals surface area contributed by atoms with Crippen molar-refractivity contribution in [2.24, 2.45) is 5.92 Å². The van der Waals surface area contributed by atoms with Crippen molar-refractivity contribution in [3.8, 4) is 17.5 Å². The Morgan fingerprint density at radius 1 is 1.25 bits per heavy atom. The van der Waals surface area contributed by atoms with E-state index in [4.69, 9.17) is 5.26 Å². The van der Waals surface area contributed by atoms with Crippen molar-refractivity contribution in [2.45, 2.75) is 26.9 Å². The van der Waals surface area contributed by atoms with Gasteiger partial charge < -0.3 is 0 Å². The number of rotatable bonds is 5. The average molecular weight is 386 g/mol. The summed E-state index contributed by atoms with van der Waals surface area (Å²) in [6, 6.07) is 9.43. The fraction of sp³-hybridized carbons (Fsp3) is 0.312. The summed E-state index contributed by atoms with van der Waals surface area (Å²) < 4.78 is 2.75. The van der Waals surface area contributed by atoms with Crippen LogP contribution in [0.5, 0.6) is 0 Å². The zero-order chi connectivity index (χ0) is 17.1. The van der Waals surface area contributed by atoms with Gasteiger partial charge in [-0.15, -0.1) is 10.2 Å². The van der Waals surface area contributed by atoms with E-state index >= 15 is 0 Å². The standard InChI is InChI=1S/C16H16BrN7/c1-11(2)9-23-15(17)14(8-19-23)16-20-22-24(21-16)10-13-5-3-12(7-18)4-6-13/h3-6,8,11H,9-10H2,1-2H3. The Hall–Kier alpha value is -2.53. The molecule has 0 radical (unpaired) electrons. The molecule has 122 valence electrons. The van der Waals surface area contributed by atoms with Crippen LogP contribution in [0, 0.1) is 17.2 Å². The third-order valence-corrected chi connectivity index (χ3v) is 4.25. The number of tetrazole rings is 1. The average Bonchev–Trinajstić information content (AvgIpc) is 3.15. The van der Waals surface area contributed by atoms with Gasteiger partial charge in [-0.2, -0.15) is 15.2 Å². The molecule has 0 spiro atoms. The molecular formula is C16H16BrN7. The lowest BCUT2D eigenvalue weighted by molar-refractivity contribution is 0.476. The molecule has 0 atom stereocenters. The van der Waals surface area contributed by atoms with E-state index in [1.54, 1.807) is 18.3 Å². The van der Waals surface area contributed by atoms with Crippen LogP contribution in [-0.4, -0.2) is 30.0 Å². The van der Waals surface area contributed by atoms with Gasteiger partial charge in [0.15, 0.2) is 0 Å². The maximum absolute atomic E-state index is 8.83. The molecule has 0 bridgehead atoms. The van der Waals surface area contributed by atoms with Gasteiger partial charge in [-0.1, -0.05) is 26.0 Å². The first-order valence-corrected chi connectivity index (χ1v) is 8.34. The summed E-state index contributed by atoms with van der Waals surface area (Å²) >= 11 is 3.56. The lowest BCUT2D eigenvalue weighted by Gasteiger charge is -2.05. The molecule has 0 aliphatic rings. The number of halogens is 1. The van der Waals surface area contributed by atoms with Crippen LogP contribution >= 0.6 is 15.9 Å². The summed E-state index contributed by atoms with van der Waals surface area (Å²) in [5, 5.41) is 25.8. The number of benzene rings is 1. The third kappa shape index (κ3) is 3.51. The van der Waals surface area contributed by atoms with Crippen molar-refractivity contribution >= 4 is 15.9 Å². The topological polar surface area (TPSA) is 85.2 Å². The molecule has 0 fully saturated rings. The zero-order valence-corrected chi connectivity index (χ0v) is 15.0. The molecule has 2 aromatic heterocycles. The summed E-state index contributed by atoms with van der Waals surface area (Å²) in [5.41, 5.74) is 2.46. The number of aromatic nitrogens is 6. The molecule has 1 aromatic carbocycles. The van der Waals surface area contributed by atoms with Crippen molar-refractivity contribution in [1.82, 2.24) is 30.0 Å². The van der Waals surface area contributed by atoms with Gasteiger partial charge in [0.1, 0.15) is 4.60 Å². The van der Waals surface area contributed by atoms with Gasteiger partial charge in [0.2, 0.25) is 5.82 Å². The third-order valence-electron chi connectivity index (χ3n) is 3.41. The highest BCUT2D eigenvalue weighted by Crippen LogP contribution is 2.25. The molecule has 0 saturated heterocycles. The van der Waals surface area contributed by atoms with E-state index in [0.717, 1.165) is 22.3 Å². The Labute approximate surface area is 148 Å². The first-order chi connectivity index (χ1) is 11.6. The first-order valence-electron chi connectivity index (χ1n) is 7.55. The minimum Gasteiger partial charge on any atom is -0.257 e. The summed E-state index contributed by atoms with van der Waals surface area (Å²) in [7, 11) is 0. The Bertz CT molecular complexity index is 871. The van der Waals surface area contributed by atoms with Crippen LogP contribution in [0.1, 0.15) is 25.0 Å². The maximum atomic E-state index is 8.83. The smallest absolute Gasteiger partial charge is 0.209 e. The van der Waals surface area contributed by atoms with E-state index in [-0.39, 0.29) is 0 Å². The molecule has 8 heteroatoms. The van der Waals surface area contributed by atoms with Crippen LogP contribution < -0.4 is 0 Å². The number of nitriles is 1. The number of hydrogen-bond donors (Lipinski definition) is 0. The molecule has 0 saturated carbocycles. The SMILES string of the molecule is CC(C)Cn1ncc(-c2nnn(Cc3ccc(C#N)cc3)n2)c1Br. The molecule has 3 aromatic rings. The molecule has 7 nitrogen and oxygen atoms in total. The molecule has 0 amide bonds. The second kappa shape index (κ2) is 6.93. The summed E-state index contributed by atoms with van der Waals surface area (Å²) in [6.07, 6.45) is 1.75. The molecule has 0 N–H and O–H groups in total. The lowest BCUT2D eigenvalue weighted by Crippen LogP contribution is -2.06. The van der Waals surface area contributed by atoms with Gasteiger partial charge in [0.25, 0.3) is 0 Å². The van der Waals surface area contributed by atoms with Gasteiger partial charge in [0, 0.05) is 6.54 Å². The highest BCUT2D eigenvalue weighted by Gasteiger charge is 2.15. The molecule has 3 rings (SSSR count). The van der Waals surface area contributed by atoms with Crippen LogP contribution in [0.25, 0.3) is 11.4 Å². The summed E-state index contributed by atoms with van der Waals surface area (Å²) in [5.74, 6) is 1.03. The zero-order valence-electron chi connectivity index (χ0n) is 13.4. The predicted octanol–water partition coefficient (Wildman–Crippen LogP) is 2.88. The molecule has 0 aliphatic carbocycles. The molecule has 24 heavy (non-hydrogen) atoms. The fourth-order valence-electron chi connectivity index (χ4n) is 2.26. The van der Waals surface area contributed by atoms with Crippen LogP contribution in [-0.2, 0) is 13.1 Å². The van der Waals surface area contributed by atoms with E-state index in [9.17, 15) is 0 Å². The van der Waals surface area contributed by atoms with Crippen molar-refractivity contribution in [1.29, 1.82) is 5.26 Å². The minimum absolute atomic E-state index is 0.495. The van der Waals surface area contributed by atoms with Crippen LogP contribution in [0.3, 0.4) is 0 Å². The van der Waals surface area contributed by atoms with Gasteiger partial charge in [-0.05, 0) is 44.8 Å². The van der Waals surface area contributed by atoms with Gasteiger partial charge >= 0.3 is 0 Å². The van der Waals surface area contributed by atoms with E-state index in [1.165, 1.54) is 4.80 Å². The van der Waals surface area contributed by atoms with Crippen LogP contribution in [0.2, 0.25) is 0 Å². The molecule has 0 aliphatic heterocycles.